The Balaban J connectivity index is 1.49. The number of nitrogens with zero attached hydrogens (tertiary/aromatic N) is 2. The standard InChI is InChI=1S/C24H23ClF2N4O/c25-21-14-29-19(11-23(32)16-3-2-6-28-13-16)10-20(21)22-4-1-5-24(31-22)30-12-15-7-17(26)9-18(27)8-15/h1,4-5,7-10,14,16,28H,2-3,6,11-13H2,(H,30,31)/t16-/m1/s1. The second kappa shape index (κ2) is 10.1. The van der Waals surface area contributed by atoms with Gasteiger partial charge in [0.2, 0.25) is 0 Å². The van der Waals surface area contributed by atoms with Gasteiger partial charge in [0.15, 0.2) is 0 Å². The number of benzene rings is 1. The number of ketones is 1. The van der Waals surface area contributed by atoms with E-state index in [1.807, 2.05) is 12.1 Å². The zero-order chi connectivity index (χ0) is 22.5. The Labute approximate surface area is 190 Å². The number of rotatable bonds is 7. The predicted molar refractivity (Wildman–Crippen MR) is 120 cm³/mol. The second-order valence-corrected chi connectivity index (χ2v) is 8.29. The summed E-state index contributed by atoms with van der Waals surface area (Å²) in [5.41, 5.74) is 2.40. The number of halogens is 3. The Morgan fingerprint density at radius 3 is 2.75 bits per heavy atom. The van der Waals surface area contributed by atoms with Crippen LogP contribution in [0.2, 0.25) is 5.02 Å². The molecule has 1 saturated heterocycles. The van der Waals surface area contributed by atoms with E-state index in [1.165, 1.54) is 18.3 Å². The van der Waals surface area contributed by atoms with Crippen molar-refractivity contribution in [3.8, 4) is 11.3 Å². The molecule has 1 aromatic carbocycles. The third-order valence-electron chi connectivity index (χ3n) is 5.44. The smallest absolute Gasteiger partial charge is 0.143 e. The number of hydrogen-bond acceptors (Lipinski definition) is 5. The van der Waals surface area contributed by atoms with Crippen LogP contribution in [0.25, 0.3) is 11.3 Å². The van der Waals surface area contributed by atoms with Gasteiger partial charge < -0.3 is 10.6 Å². The van der Waals surface area contributed by atoms with Crippen LogP contribution < -0.4 is 10.6 Å². The normalized spacial score (nSPS) is 16.0. The molecule has 1 fully saturated rings. The molecule has 0 aliphatic carbocycles. The van der Waals surface area contributed by atoms with E-state index in [9.17, 15) is 13.6 Å². The average molecular weight is 457 g/mol. The zero-order valence-corrected chi connectivity index (χ0v) is 18.1. The van der Waals surface area contributed by atoms with Gasteiger partial charge in [0.1, 0.15) is 23.2 Å². The van der Waals surface area contributed by atoms with Gasteiger partial charge in [0.25, 0.3) is 0 Å². The molecule has 166 valence electrons. The highest BCUT2D eigenvalue weighted by Crippen LogP contribution is 2.28. The lowest BCUT2D eigenvalue weighted by Gasteiger charge is -2.21. The van der Waals surface area contributed by atoms with E-state index in [2.05, 4.69) is 20.6 Å². The highest BCUT2D eigenvalue weighted by Gasteiger charge is 2.21. The molecule has 0 amide bonds. The largest absolute Gasteiger partial charge is 0.366 e. The number of hydrogen-bond donors (Lipinski definition) is 2. The van der Waals surface area contributed by atoms with E-state index in [1.54, 1.807) is 12.1 Å². The van der Waals surface area contributed by atoms with Crippen molar-refractivity contribution in [3.05, 3.63) is 76.6 Å². The van der Waals surface area contributed by atoms with Gasteiger partial charge in [-0.25, -0.2) is 13.8 Å². The van der Waals surface area contributed by atoms with Gasteiger partial charge in [-0.15, -0.1) is 0 Å². The predicted octanol–water partition coefficient (Wildman–Crippen LogP) is 4.80. The first-order chi connectivity index (χ1) is 15.5. The van der Waals surface area contributed by atoms with Crippen LogP contribution in [0.5, 0.6) is 0 Å². The fraction of sp³-hybridized carbons (Fsp3) is 0.292. The van der Waals surface area contributed by atoms with Crippen molar-refractivity contribution in [2.45, 2.75) is 25.8 Å². The maximum atomic E-state index is 13.4. The summed E-state index contributed by atoms with van der Waals surface area (Å²) in [6.07, 6.45) is 3.69. The first-order valence-electron chi connectivity index (χ1n) is 10.5. The van der Waals surface area contributed by atoms with Crippen molar-refractivity contribution in [2.24, 2.45) is 5.92 Å². The SMILES string of the molecule is O=C(Cc1cc(-c2cccc(NCc3cc(F)cc(F)c3)n2)c(Cl)cn1)[C@@H]1CCCNC1. The van der Waals surface area contributed by atoms with Gasteiger partial charge in [-0.1, -0.05) is 17.7 Å². The monoisotopic (exact) mass is 456 g/mol. The minimum absolute atomic E-state index is 0.0167. The third kappa shape index (κ3) is 5.66. The summed E-state index contributed by atoms with van der Waals surface area (Å²) in [5, 5.41) is 6.76. The van der Waals surface area contributed by atoms with Gasteiger partial charge in [0.05, 0.1) is 10.7 Å². The van der Waals surface area contributed by atoms with E-state index in [0.717, 1.165) is 25.5 Å². The maximum Gasteiger partial charge on any atom is 0.143 e. The molecule has 5 nitrogen and oxygen atoms in total. The molecule has 0 unspecified atom stereocenters. The number of Topliss-reactive ketones (excluding diaryl/α,β-unsaturated/α-hetero) is 1. The summed E-state index contributed by atoms with van der Waals surface area (Å²) in [6.45, 7) is 1.88. The van der Waals surface area contributed by atoms with Gasteiger partial charge in [-0.2, -0.15) is 0 Å². The summed E-state index contributed by atoms with van der Waals surface area (Å²) in [4.78, 5) is 21.5. The highest BCUT2D eigenvalue weighted by atomic mass is 35.5. The van der Waals surface area contributed by atoms with Gasteiger partial charge >= 0.3 is 0 Å². The summed E-state index contributed by atoms with van der Waals surface area (Å²) in [6, 6.07) is 10.5. The van der Waals surface area contributed by atoms with Crippen LogP contribution in [-0.4, -0.2) is 28.8 Å². The van der Waals surface area contributed by atoms with Gasteiger partial charge in [0, 0.05) is 48.9 Å². The van der Waals surface area contributed by atoms with E-state index >= 15 is 0 Å². The maximum absolute atomic E-state index is 13.4. The Morgan fingerprint density at radius 2 is 2.00 bits per heavy atom. The van der Waals surface area contributed by atoms with E-state index in [4.69, 9.17) is 11.6 Å². The van der Waals surface area contributed by atoms with Crippen molar-refractivity contribution < 1.29 is 13.6 Å². The fourth-order valence-corrected chi connectivity index (χ4v) is 4.01. The molecule has 4 rings (SSSR count). The lowest BCUT2D eigenvalue weighted by Crippen LogP contribution is -2.35. The lowest BCUT2D eigenvalue weighted by atomic mass is 9.92. The van der Waals surface area contributed by atoms with Crippen molar-refractivity contribution in [3.63, 3.8) is 0 Å². The molecule has 1 aliphatic rings. The van der Waals surface area contributed by atoms with Crippen molar-refractivity contribution in [2.75, 3.05) is 18.4 Å². The van der Waals surface area contributed by atoms with Gasteiger partial charge in [-0.3, -0.25) is 9.78 Å². The Bertz CT molecular complexity index is 1100. The Kier molecular flexibility index (Phi) is 7.07. The zero-order valence-electron chi connectivity index (χ0n) is 17.4. The second-order valence-electron chi connectivity index (χ2n) is 7.88. The summed E-state index contributed by atoms with van der Waals surface area (Å²) in [5.74, 6) is -0.533. The van der Waals surface area contributed by atoms with Crippen LogP contribution in [0.1, 0.15) is 24.1 Å². The molecule has 2 N–H and O–H groups in total. The quantitative estimate of drug-likeness (QED) is 0.534. The topological polar surface area (TPSA) is 66.9 Å². The molecule has 3 aromatic rings. The molecule has 1 atom stereocenters. The molecule has 2 aromatic heterocycles. The molecule has 0 saturated carbocycles. The molecule has 0 bridgehead atoms. The Morgan fingerprint density at radius 1 is 1.19 bits per heavy atom. The number of anilines is 1. The number of nitrogens with one attached hydrogen (secondary N) is 2. The third-order valence-corrected chi connectivity index (χ3v) is 5.74. The minimum Gasteiger partial charge on any atom is -0.366 e. The first-order valence-corrected chi connectivity index (χ1v) is 10.9. The van der Waals surface area contributed by atoms with Crippen LogP contribution in [0.3, 0.4) is 0 Å². The minimum atomic E-state index is -0.627. The number of carbonyl (C=O) groups is 1. The first kappa shape index (κ1) is 22.3. The fourth-order valence-electron chi connectivity index (χ4n) is 3.81. The van der Waals surface area contributed by atoms with Crippen LogP contribution >= 0.6 is 11.6 Å². The van der Waals surface area contributed by atoms with Crippen molar-refractivity contribution in [1.82, 2.24) is 15.3 Å². The van der Waals surface area contributed by atoms with Crippen LogP contribution in [0, 0.1) is 17.6 Å². The molecule has 32 heavy (non-hydrogen) atoms. The number of aromatic nitrogens is 2. The molecule has 0 spiro atoms. The number of pyridine rings is 2. The summed E-state index contributed by atoms with van der Waals surface area (Å²) < 4.78 is 26.8. The number of piperidine rings is 1. The van der Waals surface area contributed by atoms with E-state index in [-0.39, 0.29) is 24.7 Å². The molecule has 1 aliphatic heterocycles. The summed E-state index contributed by atoms with van der Waals surface area (Å²) >= 11 is 6.37. The average Bonchev–Trinajstić information content (AvgIpc) is 2.79. The molecular weight excluding hydrogens is 434 g/mol. The van der Waals surface area contributed by atoms with E-state index in [0.29, 0.717) is 39.9 Å². The van der Waals surface area contributed by atoms with Crippen LogP contribution in [0.15, 0.2) is 48.7 Å². The molecular formula is C24H23ClF2N4O. The Hall–Kier alpha value is -2.90. The van der Waals surface area contributed by atoms with E-state index < -0.39 is 11.6 Å². The van der Waals surface area contributed by atoms with Crippen molar-refractivity contribution in [1.29, 1.82) is 0 Å². The van der Waals surface area contributed by atoms with Crippen molar-refractivity contribution >= 4 is 23.2 Å². The number of carbonyl (C=O) groups excluding carboxylic acids is 1. The van der Waals surface area contributed by atoms with Gasteiger partial charge in [-0.05, 0) is 55.3 Å². The van der Waals surface area contributed by atoms with Crippen LogP contribution in [0.4, 0.5) is 14.6 Å². The molecule has 8 heteroatoms. The molecule has 3 heterocycles. The lowest BCUT2D eigenvalue weighted by molar-refractivity contribution is -0.122. The van der Waals surface area contributed by atoms with Crippen LogP contribution in [-0.2, 0) is 17.8 Å². The highest BCUT2D eigenvalue weighted by molar-refractivity contribution is 6.33. The summed E-state index contributed by atoms with van der Waals surface area (Å²) in [7, 11) is 0. The molecule has 0 radical (unpaired) electrons.